The molecule has 0 aliphatic carbocycles. The summed E-state index contributed by atoms with van der Waals surface area (Å²) in [6, 6.07) is 18.4. The van der Waals surface area contributed by atoms with Crippen LogP contribution in [0.3, 0.4) is 0 Å². The molecule has 0 saturated carbocycles. The Morgan fingerprint density at radius 1 is 0.952 bits per heavy atom. The van der Waals surface area contributed by atoms with E-state index in [1.54, 1.807) is 12.1 Å². The molecule has 104 valence electrons. The third-order valence-corrected chi connectivity index (χ3v) is 2.88. The maximum Gasteiger partial charge on any atom is 0.370 e. The van der Waals surface area contributed by atoms with Crippen LogP contribution in [-0.4, -0.2) is 14.8 Å². The number of benzene rings is 2. The largest absolute Gasteiger partial charge is 0.379 e. The van der Waals surface area contributed by atoms with Crippen molar-refractivity contribution in [1.29, 1.82) is 0 Å². The molecular weight excluding hydrogens is 266 g/mol. The fourth-order valence-corrected chi connectivity index (χ4v) is 1.89. The molecule has 0 radical (unpaired) electrons. The highest BCUT2D eigenvalue weighted by atomic mass is 16.1. The van der Waals surface area contributed by atoms with E-state index in [1.165, 1.54) is 4.68 Å². The van der Waals surface area contributed by atoms with Crippen LogP contribution in [0.4, 0.5) is 17.3 Å². The van der Waals surface area contributed by atoms with Crippen LogP contribution in [0.15, 0.2) is 65.5 Å². The molecule has 1 aromatic heterocycles. The Morgan fingerprint density at radius 3 is 2.24 bits per heavy atom. The summed E-state index contributed by atoms with van der Waals surface area (Å²) in [5.74, 6) is 0.403. The van der Waals surface area contributed by atoms with Gasteiger partial charge in [0.25, 0.3) is 0 Å². The number of nitrogens with zero attached hydrogens (tertiary/aromatic N) is 3. The third kappa shape index (κ3) is 2.74. The zero-order valence-corrected chi connectivity index (χ0v) is 11.1. The van der Waals surface area contributed by atoms with Crippen molar-refractivity contribution in [3.05, 3.63) is 71.1 Å². The van der Waals surface area contributed by atoms with Crippen LogP contribution in [0.2, 0.25) is 0 Å². The van der Waals surface area contributed by atoms with Gasteiger partial charge in [-0.15, -0.1) is 5.10 Å². The van der Waals surface area contributed by atoms with Crippen LogP contribution in [0.1, 0.15) is 0 Å². The minimum atomic E-state index is -0.492. The first-order valence-corrected chi connectivity index (χ1v) is 6.38. The second-order valence-corrected chi connectivity index (χ2v) is 4.37. The van der Waals surface area contributed by atoms with Gasteiger partial charge in [-0.3, -0.25) is 0 Å². The molecule has 3 aromatic rings. The topological polar surface area (TPSA) is 85.8 Å². The number of rotatable bonds is 3. The van der Waals surface area contributed by atoms with E-state index in [0.717, 1.165) is 5.69 Å². The highest BCUT2D eigenvalue weighted by Crippen LogP contribution is 2.17. The average molecular weight is 279 g/mol. The molecule has 0 saturated heterocycles. The summed E-state index contributed by atoms with van der Waals surface area (Å²) >= 11 is 0. The lowest BCUT2D eigenvalue weighted by Gasteiger charge is -2.09. The second-order valence-electron chi connectivity index (χ2n) is 4.37. The van der Waals surface area contributed by atoms with Gasteiger partial charge in [-0.2, -0.15) is 9.67 Å². The molecule has 1 heterocycles. The molecule has 6 nitrogen and oxygen atoms in total. The van der Waals surface area contributed by atoms with Gasteiger partial charge in [-0.05, 0) is 24.3 Å². The Kier molecular flexibility index (Phi) is 3.34. The van der Waals surface area contributed by atoms with E-state index in [9.17, 15) is 4.79 Å². The third-order valence-electron chi connectivity index (χ3n) is 2.88. The minimum absolute atomic E-state index is 0.155. The van der Waals surface area contributed by atoms with Gasteiger partial charge in [-0.1, -0.05) is 36.4 Å². The van der Waals surface area contributed by atoms with Crippen LogP contribution in [0.25, 0.3) is 5.69 Å². The van der Waals surface area contributed by atoms with Crippen LogP contribution in [-0.2, 0) is 0 Å². The van der Waals surface area contributed by atoms with E-state index < -0.39 is 5.69 Å². The molecule has 0 atom stereocenters. The Balaban J connectivity index is 1.99. The first-order chi connectivity index (χ1) is 10.2. The van der Waals surface area contributed by atoms with Crippen molar-refractivity contribution in [2.75, 3.05) is 11.1 Å². The van der Waals surface area contributed by atoms with Gasteiger partial charge in [0.2, 0.25) is 0 Å². The van der Waals surface area contributed by atoms with Gasteiger partial charge >= 0.3 is 5.69 Å². The van der Waals surface area contributed by atoms with Gasteiger partial charge in [0, 0.05) is 5.69 Å². The molecule has 0 unspecified atom stereocenters. The molecule has 0 spiro atoms. The molecule has 3 N–H and O–H groups in total. The number of para-hydroxylation sites is 2. The summed E-state index contributed by atoms with van der Waals surface area (Å²) in [6.07, 6.45) is 0. The van der Waals surface area contributed by atoms with Crippen molar-refractivity contribution < 1.29 is 0 Å². The number of aromatic nitrogens is 3. The number of nitrogens with one attached hydrogen (secondary N) is 1. The molecular formula is C15H13N5O. The van der Waals surface area contributed by atoms with Crippen molar-refractivity contribution in [1.82, 2.24) is 14.8 Å². The monoisotopic (exact) mass is 279 g/mol. The Morgan fingerprint density at radius 2 is 1.57 bits per heavy atom. The lowest BCUT2D eigenvalue weighted by Crippen LogP contribution is -2.26. The van der Waals surface area contributed by atoms with Crippen molar-refractivity contribution in [2.24, 2.45) is 0 Å². The number of anilines is 3. The summed E-state index contributed by atoms with van der Waals surface area (Å²) in [5, 5.41) is 7.08. The smallest absolute Gasteiger partial charge is 0.370 e. The summed E-state index contributed by atoms with van der Waals surface area (Å²) in [4.78, 5) is 16.0. The molecule has 2 aromatic carbocycles. The lowest BCUT2D eigenvalue weighted by atomic mass is 10.3. The zero-order chi connectivity index (χ0) is 14.7. The Hall–Kier alpha value is -3.15. The molecule has 0 aliphatic rings. The van der Waals surface area contributed by atoms with Gasteiger partial charge in [0.15, 0.2) is 11.6 Å². The van der Waals surface area contributed by atoms with Gasteiger partial charge in [0.05, 0.1) is 5.69 Å². The molecule has 21 heavy (non-hydrogen) atoms. The molecule has 3 rings (SSSR count). The highest BCUT2D eigenvalue weighted by molar-refractivity contribution is 5.64. The van der Waals surface area contributed by atoms with Crippen molar-refractivity contribution in [3.63, 3.8) is 0 Å². The lowest BCUT2D eigenvalue weighted by molar-refractivity contribution is 0.774. The van der Waals surface area contributed by atoms with E-state index in [1.807, 2.05) is 48.5 Å². The van der Waals surface area contributed by atoms with Gasteiger partial charge in [0.1, 0.15) is 0 Å². The van der Waals surface area contributed by atoms with Crippen LogP contribution >= 0.6 is 0 Å². The zero-order valence-electron chi connectivity index (χ0n) is 11.1. The van der Waals surface area contributed by atoms with Crippen molar-refractivity contribution in [3.8, 4) is 5.69 Å². The number of nitrogens with two attached hydrogens (primary N) is 1. The van der Waals surface area contributed by atoms with E-state index in [-0.39, 0.29) is 11.6 Å². The molecule has 0 fully saturated rings. The normalized spacial score (nSPS) is 10.3. The first kappa shape index (κ1) is 12.9. The summed E-state index contributed by atoms with van der Waals surface area (Å²) in [7, 11) is 0. The van der Waals surface area contributed by atoms with Crippen LogP contribution in [0, 0.1) is 0 Å². The highest BCUT2D eigenvalue weighted by Gasteiger charge is 2.09. The predicted octanol–water partition coefficient (Wildman–Crippen LogP) is 1.95. The maximum atomic E-state index is 12.1. The number of hydrogen-bond acceptors (Lipinski definition) is 5. The summed E-state index contributed by atoms with van der Waals surface area (Å²) in [5.41, 5.74) is 6.79. The first-order valence-electron chi connectivity index (χ1n) is 6.38. The fraction of sp³-hybridized carbons (Fsp3) is 0. The quantitative estimate of drug-likeness (QED) is 0.765. The van der Waals surface area contributed by atoms with E-state index in [2.05, 4.69) is 15.4 Å². The predicted molar refractivity (Wildman–Crippen MR) is 81.8 cm³/mol. The number of hydrogen-bond donors (Lipinski definition) is 2. The minimum Gasteiger partial charge on any atom is -0.379 e. The van der Waals surface area contributed by atoms with Crippen molar-refractivity contribution >= 4 is 17.3 Å². The molecule has 0 bridgehead atoms. The number of nitrogen functional groups attached to an aromatic ring is 1. The molecule has 6 heteroatoms. The van der Waals surface area contributed by atoms with E-state index >= 15 is 0 Å². The Labute approximate surface area is 120 Å². The summed E-state index contributed by atoms with van der Waals surface area (Å²) < 4.78 is 1.17. The van der Waals surface area contributed by atoms with Crippen LogP contribution < -0.4 is 16.7 Å². The fourth-order valence-electron chi connectivity index (χ4n) is 1.89. The van der Waals surface area contributed by atoms with Crippen LogP contribution in [0.5, 0.6) is 0 Å². The van der Waals surface area contributed by atoms with Crippen molar-refractivity contribution in [2.45, 2.75) is 0 Å². The standard InChI is InChI=1S/C15H13N5O/c16-13-14(17-11-7-3-1-4-8-11)18-15(21)20(19-13)12-9-5-2-6-10-12/h1-10H,(H2,16,19)(H,17,18,21). The second kappa shape index (κ2) is 5.46. The SMILES string of the molecule is Nc1nn(-c2ccccc2)c(=O)nc1Nc1ccccc1. The molecule has 0 amide bonds. The van der Waals surface area contributed by atoms with Gasteiger partial charge in [-0.25, -0.2) is 4.79 Å². The Bertz CT molecular complexity index is 799. The van der Waals surface area contributed by atoms with Gasteiger partial charge < -0.3 is 11.1 Å². The summed E-state index contributed by atoms with van der Waals surface area (Å²) in [6.45, 7) is 0. The maximum absolute atomic E-state index is 12.1. The van der Waals surface area contributed by atoms with E-state index in [0.29, 0.717) is 5.69 Å². The molecule has 0 aliphatic heterocycles. The van der Waals surface area contributed by atoms with E-state index in [4.69, 9.17) is 5.73 Å². The average Bonchev–Trinajstić information content (AvgIpc) is 2.52.